The van der Waals surface area contributed by atoms with Crippen molar-refractivity contribution in [2.24, 2.45) is 5.92 Å². The molecule has 0 saturated heterocycles. The van der Waals surface area contributed by atoms with Crippen LogP contribution in [0.15, 0.2) is 54.6 Å². The standard InChI is InChI=1S/C17H16O3/c1-12-16(18)14-10-6-7-11-15(14)20-17(12,19-2)13-8-4-3-5-9-13/h3-12H,1-2H3/t12-,17+/m1/s1. The molecule has 1 aliphatic rings. The summed E-state index contributed by atoms with van der Waals surface area (Å²) in [6, 6.07) is 16.9. The van der Waals surface area contributed by atoms with Gasteiger partial charge in [0.15, 0.2) is 5.78 Å². The van der Waals surface area contributed by atoms with Crippen molar-refractivity contribution in [3.05, 3.63) is 65.7 Å². The van der Waals surface area contributed by atoms with Crippen molar-refractivity contribution in [1.82, 2.24) is 0 Å². The highest BCUT2D eigenvalue weighted by Crippen LogP contribution is 2.43. The molecule has 0 bridgehead atoms. The minimum atomic E-state index is -1.06. The topological polar surface area (TPSA) is 35.5 Å². The lowest BCUT2D eigenvalue weighted by atomic mass is 9.84. The third-order valence-corrected chi connectivity index (χ3v) is 3.86. The minimum absolute atomic E-state index is 0.0394. The number of hydrogen-bond acceptors (Lipinski definition) is 3. The van der Waals surface area contributed by atoms with Crippen molar-refractivity contribution in [3.8, 4) is 5.75 Å². The van der Waals surface area contributed by atoms with E-state index in [1.54, 1.807) is 19.2 Å². The summed E-state index contributed by atoms with van der Waals surface area (Å²) in [4.78, 5) is 12.6. The van der Waals surface area contributed by atoms with Crippen molar-refractivity contribution in [2.45, 2.75) is 12.7 Å². The van der Waals surface area contributed by atoms with Crippen LogP contribution in [-0.4, -0.2) is 12.9 Å². The smallest absolute Gasteiger partial charge is 0.247 e. The number of rotatable bonds is 2. The molecule has 2 atom stereocenters. The summed E-state index contributed by atoms with van der Waals surface area (Å²) in [5.74, 6) is -0.865. The van der Waals surface area contributed by atoms with Crippen LogP contribution in [0.1, 0.15) is 22.8 Å². The Hall–Kier alpha value is -2.13. The molecule has 1 aliphatic heterocycles. The first-order valence-corrected chi connectivity index (χ1v) is 6.62. The van der Waals surface area contributed by atoms with Gasteiger partial charge >= 0.3 is 0 Å². The SMILES string of the molecule is CO[C@]1(c2ccccc2)Oc2ccccc2C(=O)[C@H]1C. The second kappa shape index (κ2) is 4.76. The van der Waals surface area contributed by atoms with Crippen LogP contribution in [0.5, 0.6) is 5.75 Å². The van der Waals surface area contributed by atoms with Gasteiger partial charge in [-0.05, 0) is 19.1 Å². The molecule has 0 aromatic heterocycles. The number of carbonyl (C=O) groups is 1. The Kier molecular flexibility index (Phi) is 3.07. The number of ketones is 1. The van der Waals surface area contributed by atoms with E-state index in [-0.39, 0.29) is 5.78 Å². The van der Waals surface area contributed by atoms with Crippen molar-refractivity contribution < 1.29 is 14.3 Å². The molecule has 0 aliphatic carbocycles. The molecule has 0 N–H and O–H groups in total. The number of benzene rings is 2. The first-order chi connectivity index (χ1) is 9.69. The summed E-state index contributed by atoms with van der Waals surface area (Å²) in [6.07, 6.45) is 0. The van der Waals surface area contributed by atoms with E-state index in [0.717, 1.165) is 5.56 Å². The zero-order valence-electron chi connectivity index (χ0n) is 11.5. The summed E-state index contributed by atoms with van der Waals surface area (Å²) < 4.78 is 11.8. The van der Waals surface area contributed by atoms with Crippen LogP contribution in [-0.2, 0) is 10.5 Å². The Morgan fingerprint density at radius 3 is 2.40 bits per heavy atom. The predicted molar refractivity (Wildman–Crippen MR) is 75.7 cm³/mol. The average Bonchev–Trinajstić information content (AvgIpc) is 2.52. The average molecular weight is 268 g/mol. The summed E-state index contributed by atoms with van der Waals surface area (Å²) in [6.45, 7) is 1.84. The second-order valence-corrected chi connectivity index (χ2v) is 4.92. The van der Waals surface area contributed by atoms with Crippen LogP contribution in [0.3, 0.4) is 0 Å². The van der Waals surface area contributed by atoms with E-state index < -0.39 is 11.7 Å². The van der Waals surface area contributed by atoms with E-state index in [0.29, 0.717) is 11.3 Å². The van der Waals surface area contributed by atoms with E-state index >= 15 is 0 Å². The first kappa shape index (κ1) is 12.9. The minimum Gasteiger partial charge on any atom is -0.456 e. The molecule has 3 heteroatoms. The highest BCUT2D eigenvalue weighted by Gasteiger charge is 2.49. The third kappa shape index (κ3) is 1.74. The van der Waals surface area contributed by atoms with Crippen LogP contribution in [0.2, 0.25) is 0 Å². The molecule has 0 spiro atoms. The maximum atomic E-state index is 12.6. The van der Waals surface area contributed by atoms with Crippen molar-refractivity contribution >= 4 is 5.78 Å². The Labute approximate surface area is 118 Å². The molecule has 0 saturated carbocycles. The lowest BCUT2D eigenvalue weighted by Gasteiger charge is -2.41. The molecule has 3 nitrogen and oxygen atoms in total. The molecule has 102 valence electrons. The van der Waals surface area contributed by atoms with Crippen LogP contribution in [0, 0.1) is 5.92 Å². The van der Waals surface area contributed by atoms with Gasteiger partial charge in [0, 0.05) is 12.7 Å². The highest BCUT2D eigenvalue weighted by molar-refractivity contribution is 6.01. The monoisotopic (exact) mass is 268 g/mol. The van der Waals surface area contributed by atoms with E-state index in [4.69, 9.17) is 9.47 Å². The quantitative estimate of drug-likeness (QED) is 0.837. The number of fused-ring (bicyclic) bond motifs is 1. The van der Waals surface area contributed by atoms with Gasteiger partial charge in [-0.2, -0.15) is 0 Å². The van der Waals surface area contributed by atoms with Gasteiger partial charge in [-0.25, -0.2) is 0 Å². The fourth-order valence-corrected chi connectivity index (χ4v) is 2.73. The molecule has 0 amide bonds. The van der Waals surface area contributed by atoms with Crippen LogP contribution >= 0.6 is 0 Å². The molecule has 0 unspecified atom stereocenters. The molecule has 2 aromatic carbocycles. The first-order valence-electron chi connectivity index (χ1n) is 6.62. The number of Topliss-reactive ketones (excluding diaryl/α,β-unsaturated/α-hetero) is 1. The number of hydrogen-bond donors (Lipinski definition) is 0. The Bertz CT molecular complexity index is 636. The van der Waals surface area contributed by atoms with E-state index in [1.165, 1.54) is 0 Å². The van der Waals surface area contributed by atoms with Crippen molar-refractivity contribution in [1.29, 1.82) is 0 Å². The maximum Gasteiger partial charge on any atom is 0.247 e. The van der Waals surface area contributed by atoms with Crippen molar-refractivity contribution in [2.75, 3.05) is 7.11 Å². The second-order valence-electron chi connectivity index (χ2n) is 4.92. The van der Waals surface area contributed by atoms with Gasteiger partial charge in [0.05, 0.1) is 11.5 Å². The molecule has 1 heterocycles. The van der Waals surface area contributed by atoms with Gasteiger partial charge < -0.3 is 9.47 Å². The summed E-state index contributed by atoms with van der Waals surface area (Å²) in [5, 5.41) is 0. The molecular formula is C17H16O3. The van der Waals surface area contributed by atoms with Gasteiger partial charge in [0.1, 0.15) is 5.75 Å². The van der Waals surface area contributed by atoms with Gasteiger partial charge in [-0.1, -0.05) is 42.5 Å². The lowest BCUT2D eigenvalue weighted by molar-refractivity contribution is -0.199. The van der Waals surface area contributed by atoms with Gasteiger partial charge in [-0.15, -0.1) is 0 Å². The Morgan fingerprint density at radius 2 is 1.70 bits per heavy atom. The van der Waals surface area contributed by atoms with E-state index in [9.17, 15) is 4.79 Å². The molecular weight excluding hydrogens is 252 g/mol. The highest BCUT2D eigenvalue weighted by atomic mass is 16.7. The zero-order valence-corrected chi connectivity index (χ0v) is 11.5. The molecule has 0 radical (unpaired) electrons. The number of methoxy groups -OCH3 is 1. The van der Waals surface area contributed by atoms with Gasteiger partial charge in [0.25, 0.3) is 0 Å². The molecule has 3 rings (SSSR count). The van der Waals surface area contributed by atoms with Gasteiger partial charge in [-0.3, -0.25) is 4.79 Å². The molecule has 0 fully saturated rings. The number of para-hydroxylation sites is 1. The van der Waals surface area contributed by atoms with Gasteiger partial charge in [0.2, 0.25) is 5.79 Å². The molecule has 20 heavy (non-hydrogen) atoms. The fraction of sp³-hybridized carbons (Fsp3) is 0.235. The van der Waals surface area contributed by atoms with Crippen molar-refractivity contribution in [3.63, 3.8) is 0 Å². The molecule has 2 aromatic rings. The zero-order chi connectivity index (χ0) is 14.2. The van der Waals surface area contributed by atoms with E-state index in [2.05, 4.69) is 0 Å². The third-order valence-electron chi connectivity index (χ3n) is 3.86. The largest absolute Gasteiger partial charge is 0.456 e. The van der Waals surface area contributed by atoms with Crippen LogP contribution < -0.4 is 4.74 Å². The fourth-order valence-electron chi connectivity index (χ4n) is 2.73. The number of ether oxygens (including phenoxy) is 2. The number of carbonyl (C=O) groups excluding carboxylic acids is 1. The maximum absolute atomic E-state index is 12.6. The Morgan fingerprint density at radius 1 is 1.05 bits per heavy atom. The lowest BCUT2D eigenvalue weighted by Crippen LogP contribution is -2.48. The predicted octanol–water partition coefficient (Wildman–Crippen LogP) is 3.40. The summed E-state index contributed by atoms with van der Waals surface area (Å²) in [7, 11) is 1.57. The summed E-state index contributed by atoms with van der Waals surface area (Å²) in [5.41, 5.74) is 1.46. The van der Waals surface area contributed by atoms with Crippen LogP contribution in [0.4, 0.5) is 0 Å². The van der Waals surface area contributed by atoms with E-state index in [1.807, 2.05) is 49.4 Å². The Balaban J connectivity index is 2.17. The normalized spacial score (nSPS) is 24.9. The summed E-state index contributed by atoms with van der Waals surface area (Å²) >= 11 is 0. The van der Waals surface area contributed by atoms with Crippen LogP contribution in [0.25, 0.3) is 0 Å².